The van der Waals surface area contributed by atoms with Crippen molar-refractivity contribution in [1.29, 1.82) is 0 Å². The van der Waals surface area contributed by atoms with Crippen LogP contribution in [0.1, 0.15) is 38.4 Å². The van der Waals surface area contributed by atoms with Gasteiger partial charge in [-0.25, -0.2) is 9.37 Å². The molecule has 0 amide bonds. The molecule has 1 heterocycles. The van der Waals surface area contributed by atoms with Crippen LogP contribution in [0.4, 0.5) is 4.39 Å². The molecule has 0 aliphatic heterocycles. The molecule has 0 aliphatic rings. The Morgan fingerprint density at radius 1 is 1.33 bits per heavy atom. The highest BCUT2D eigenvalue weighted by molar-refractivity contribution is 6.20. The summed E-state index contributed by atoms with van der Waals surface area (Å²) in [5, 5.41) is -0.191. The van der Waals surface area contributed by atoms with E-state index >= 15 is 0 Å². The van der Waals surface area contributed by atoms with Crippen LogP contribution in [0.5, 0.6) is 0 Å². The summed E-state index contributed by atoms with van der Waals surface area (Å²) in [4.78, 5) is 6.83. The van der Waals surface area contributed by atoms with Crippen LogP contribution < -0.4 is 0 Å². The first kappa shape index (κ1) is 16.2. The van der Waals surface area contributed by atoms with Crippen molar-refractivity contribution in [2.75, 3.05) is 13.6 Å². The van der Waals surface area contributed by atoms with Gasteiger partial charge in [0.05, 0.1) is 16.4 Å². The number of hydrogen-bond donors (Lipinski definition) is 0. The predicted molar refractivity (Wildman–Crippen MR) is 86.3 cm³/mol. The van der Waals surface area contributed by atoms with E-state index in [-0.39, 0.29) is 11.2 Å². The number of fused-ring (bicyclic) bond motifs is 1. The standard InChI is InChI=1S/C16H23ClFN3/c1-11(2)20(4)8-5-9-21-15-10-13(18)6-7-14(15)19-16(21)12(3)17/h6-7,10-12H,5,8-9H2,1-4H3. The number of benzene rings is 1. The van der Waals surface area contributed by atoms with E-state index in [1.807, 2.05) is 11.5 Å². The van der Waals surface area contributed by atoms with Gasteiger partial charge >= 0.3 is 0 Å². The molecule has 0 saturated carbocycles. The minimum absolute atomic E-state index is 0.191. The number of hydrogen-bond acceptors (Lipinski definition) is 2. The smallest absolute Gasteiger partial charge is 0.127 e. The van der Waals surface area contributed by atoms with Crippen molar-refractivity contribution in [2.24, 2.45) is 0 Å². The summed E-state index contributed by atoms with van der Waals surface area (Å²) in [6.07, 6.45) is 0.979. The van der Waals surface area contributed by atoms with Crippen LogP contribution in [-0.2, 0) is 6.54 Å². The first-order valence-corrected chi connectivity index (χ1v) is 7.83. The molecule has 1 aromatic heterocycles. The molecule has 0 radical (unpaired) electrons. The van der Waals surface area contributed by atoms with E-state index in [0.29, 0.717) is 6.04 Å². The van der Waals surface area contributed by atoms with Crippen molar-refractivity contribution in [3.63, 3.8) is 0 Å². The Bertz CT molecular complexity index is 607. The molecular weight excluding hydrogens is 289 g/mol. The van der Waals surface area contributed by atoms with Gasteiger partial charge in [0.15, 0.2) is 0 Å². The lowest BCUT2D eigenvalue weighted by molar-refractivity contribution is 0.265. The van der Waals surface area contributed by atoms with Crippen LogP contribution in [0.3, 0.4) is 0 Å². The lowest BCUT2D eigenvalue weighted by Gasteiger charge is -2.21. The Kier molecular flexibility index (Phi) is 5.22. The Labute approximate surface area is 130 Å². The zero-order valence-electron chi connectivity index (χ0n) is 13.1. The van der Waals surface area contributed by atoms with Gasteiger partial charge in [-0.1, -0.05) is 0 Å². The third-order valence-corrected chi connectivity index (χ3v) is 4.06. The third kappa shape index (κ3) is 3.74. The van der Waals surface area contributed by atoms with Gasteiger partial charge in [0.1, 0.15) is 11.6 Å². The molecule has 0 fully saturated rings. The van der Waals surface area contributed by atoms with Gasteiger partial charge in [-0.3, -0.25) is 0 Å². The molecule has 0 saturated heterocycles. The second-order valence-corrected chi connectivity index (χ2v) is 6.45. The van der Waals surface area contributed by atoms with Gasteiger partial charge in [0, 0.05) is 12.6 Å². The fraction of sp³-hybridized carbons (Fsp3) is 0.562. The van der Waals surface area contributed by atoms with Crippen LogP contribution in [-0.4, -0.2) is 34.1 Å². The maximum Gasteiger partial charge on any atom is 0.127 e. The van der Waals surface area contributed by atoms with E-state index in [4.69, 9.17) is 11.6 Å². The second kappa shape index (κ2) is 6.75. The Hall–Kier alpha value is -1.13. The van der Waals surface area contributed by atoms with E-state index in [2.05, 4.69) is 30.8 Å². The number of nitrogens with zero attached hydrogens (tertiary/aromatic N) is 3. The number of aryl methyl sites for hydroxylation is 1. The van der Waals surface area contributed by atoms with Crippen LogP contribution in [0.25, 0.3) is 11.0 Å². The number of alkyl halides is 1. The van der Waals surface area contributed by atoms with Gasteiger partial charge in [0.2, 0.25) is 0 Å². The second-order valence-electron chi connectivity index (χ2n) is 5.80. The van der Waals surface area contributed by atoms with E-state index in [1.54, 1.807) is 6.07 Å². The van der Waals surface area contributed by atoms with Gasteiger partial charge in [0.25, 0.3) is 0 Å². The molecule has 3 nitrogen and oxygen atoms in total. The highest BCUT2D eigenvalue weighted by Crippen LogP contribution is 2.25. The van der Waals surface area contributed by atoms with E-state index in [1.165, 1.54) is 12.1 Å². The summed E-state index contributed by atoms with van der Waals surface area (Å²) in [6, 6.07) is 5.21. The molecule has 2 rings (SSSR count). The summed E-state index contributed by atoms with van der Waals surface area (Å²) in [5.41, 5.74) is 1.63. The molecule has 0 N–H and O–H groups in total. The zero-order chi connectivity index (χ0) is 15.6. The number of imidazole rings is 1. The minimum atomic E-state index is -0.239. The van der Waals surface area contributed by atoms with Crippen molar-refractivity contribution in [3.05, 3.63) is 29.8 Å². The molecule has 0 bridgehead atoms. The highest BCUT2D eigenvalue weighted by atomic mass is 35.5. The molecule has 5 heteroatoms. The summed E-state index contributed by atoms with van der Waals surface area (Å²) in [6.45, 7) is 8.03. The van der Waals surface area contributed by atoms with Crippen molar-refractivity contribution < 1.29 is 4.39 Å². The van der Waals surface area contributed by atoms with Crippen molar-refractivity contribution in [2.45, 2.75) is 45.2 Å². The van der Waals surface area contributed by atoms with E-state index in [9.17, 15) is 4.39 Å². The van der Waals surface area contributed by atoms with Crippen LogP contribution in [0.2, 0.25) is 0 Å². The number of rotatable bonds is 6. The minimum Gasteiger partial charge on any atom is -0.327 e. The first-order valence-electron chi connectivity index (χ1n) is 7.40. The van der Waals surface area contributed by atoms with Crippen LogP contribution in [0, 0.1) is 5.82 Å². The molecule has 1 aromatic carbocycles. The Morgan fingerprint density at radius 2 is 2.05 bits per heavy atom. The summed E-state index contributed by atoms with van der Waals surface area (Å²) in [7, 11) is 2.11. The highest BCUT2D eigenvalue weighted by Gasteiger charge is 2.15. The molecule has 2 aromatic rings. The van der Waals surface area contributed by atoms with E-state index < -0.39 is 0 Å². The maximum absolute atomic E-state index is 13.5. The monoisotopic (exact) mass is 311 g/mol. The topological polar surface area (TPSA) is 21.1 Å². The van der Waals surface area contributed by atoms with Crippen molar-refractivity contribution >= 4 is 22.6 Å². The Morgan fingerprint density at radius 3 is 2.67 bits per heavy atom. The predicted octanol–water partition coefficient (Wildman–Crippen LogP) is 4.21. The molecule has 0 aliphatic carbocycles. The largest absolute Gasteiger partial charge is 0.327 e. The lowest BCUT2D eigenvalue weighted by Crippen LogP contribution is -2.28. The van der Waals surface area contributed by atoms with Gasteiger partial charge in [-0.15, -0.1) is 11.6 Å². The summed E-state index contributed by atoms with van der Waals surface area (Å²) in [5.74, 6) is 0.571. The molecule has 21 heavy (non-hydrogen) atoms. The van der Waals surface area contributed by atoms with Crippen molar-refractivity contribution in [1.82, 2.24) is 14.5 Å². The van der Waals surface area contributed by atoms with Crippen LogP contribution in [0.15, 0.2) is 18.2 Å². The molecule has 0 spiro atoms. The number of halogens is 2. The summed E-state index contributed by atoms with van der Waals surface area (Å²) < 4.78 is 15.5. The average Bonchev–Trinajstić information content (AvgIpc) is 2.77. The molecule has 116 valence electrons. The average molecular weight is 312 g/mol. The number of aromatic nitrogens is 2. The maximum atomic E-state index is 13.5. The third-order valence-electron chi connectivity index (χ3n) is 3.87. The first-order chi connectivity index (χ1) is 9.90. The quantitative estimate of drug-likeness (QED) is 0.745. The summed E-state index contributed by atoms with van der Waals surface area (Å²) >= 11 is 6.22. The zero-order valence-corrected chi connectivity index (χ0v) is 13.9. The van der Waals surface area contributed by atoms with Crippen LogP contribution >= 0.6 is 11.6 Å². The Balaban J connectivity index is 2.24. The van der Waals surface area contributed by atoms with Gasteiger partial charge in [-0.05, 0) is 59.0 Å². The molecule has 1 atom stereocenters. The SMILES string of the molecule is CC(Cl)c1nc2ccc(F)cc2n1CCCN(C)C(C)C. The van der Waals surface area contributed by atoms with Crippen molar-refractivity contribution in [3.8, 4) is 0 Å². The lowest BCUT2D eigenvalue weighted by atomic mass is 10.3. The van der Waals surface area contributed by atoms with Gasteiger partial charge < -0.3 is 9.47 Å². The fourth-order valence-corrected chi connectivity index (χ4v) is 2.56. The normalized spacial score (nSPS) is 13.5. The molecule has 1 unspecified atom stereocenters. The van der Waals surface area contributed by atoms with Gasteiger partial charge in [-0.2, -0.15) is 0 Å². The fourth-order valence-electron chi connectivity index (χ4n) is 2.39. The van der Waals surface area contributed by atoms with E-state index in [0.717, 1.165) is 36.4 Å². The molecular formula is C16H23ClFN3.